The number of hydrogen-bond donors (Lipinski definition) is 3. The number of aryl methyl sites for hydroxylation is 1. The number of nitrogens with two attached hydrogens (primary N) is 1. The third-order valence-corrected chi connectivity index (χ3v) is 5.46. The van der Waals surface area contributed by atoms with E-state index in [1.807, 2.05) is 19.1 Å². The smallest absolute Gasteiger partial charge is 0.255 e. The molecule has 0 radical (unpaired) electrons. The Morgan fingerprint density at radius 2 is 1.89 bits per heavy atom. The fraction of sp³-hybridized carbons (Fsp3) is 0.550. The van der Waals surface area contributed by atoms with Crippen molar-refractivity contribution < 1.29 is 19.5 Å². The summed E-state index contributed by atoms with van der Waals surface area (Å²) < 4.78 is 0. The average Bonchev–Trinajstić information content (AvgIpc) is 2.94. The first-order chi connectivity index (χ1) is 12.9. The Bertz CT molecular complexity index is 739. The van der Waals surface area contributed by atoms with Gasteiger partial charge < -0.3 is 15.7 Å². The lowest BCUT2D eigenvalue weighted by atomic mass is 9.94. The molecule has 7 heteroatoms. The van der Waals surface area contributed by atoms with Crippen molar-refractivity contribution >= 4 is 17.7 Å². The molecule has 2 aliphatic heterocycles. The SMILES string of the molecule is Cc1ccc2c(c1)CN(C1CCC(=O)NC1=O)C2=O.NC1CCCCC1O. The molecule has 27 heavy (non-hydrogen) atoms. The first kappa shape index (κ1) is 19.5. The number of rotatable bonds is 1. The number of benzene rings is 1. The van der Waals surface area contributed by atoms with Crippen LogP contribution in [0.2, 0.25) is 0 Å². The molecule has 4 rings (SSSR count). The number of carbonyl (C=O) groups is 3. The number of hydrogen-bond acceptors (Lipinski definition) is 5. The molecule has 3 amide bonds. The van der Waals surface area contributed by atoms with E-state index in [-0.39, 0.29) is 36.3 Å². The van der Waals surface area contributed by atoms with E-state index in [4.69, 9.17) is 10.8 Å². The summed E-state index contributed by atoms with van der Waals surface area (Å²) in [5.74, 6) is -0.750. The lowest BCUT2D eigenvalue weighted by molar-refractivity contribution is -0.136. The second kappa shape index (κ2) is 8.19. The van der Waals surface area contributed by atoms with E-state index in [9.17, 15) is 14.4 Å². The van der Waals surface area contributed by atoms with Gasteiger partial charge in [0.15, 0.2) is 0 Å². The van der Waals surface area contributed by atoms with Gasteiger partial charge in [0.2, 0.25) is 11.8 Å². The van der Waals surface area contributed by atoms with Gasteiger partial charge in [-0.3, -0.25) is 19.7 Å². The molecule has 0 aromatic heterocycles. The molecule has 3 aliphatic rings. The van der Waals surface area contributed by atoms with E-state index in [2.05, 4.69) is 5.32 Å². The molecule has 2 heterocycles. The molecule has 1 aliphatic carbocycles. The Morgan fingerprint density at radius 1 is 1.15 bits per heavy atom. The predicted molar refractivity (Wildman–Crippen MR) is 99.7 cm³/mol. The molecule has 3 atom stereocenters. The second-order valence-corrected chi connectivity index (χ2v) is 7.58. The van der Waals surface area contributed by atoms with Crippen molar-refractivity contribution in [3.63, 3.8) is 0 Å². The van der Waals surface area contributed by atoms with Gasteiger partial charge >= 0.3 is 0 Å². The second-order valence-electron chi connectivity index (χ2n) is 7.58. The minimum absolute atomic E-state index is 0.0590. The molecule has 7 nitrogen and oxygen atoms in total. The summed E-state index contributed by atoms with van der Waals surface area (Å²) in [5, 5.41) is 11.3. The minimum atomic E-state index is -0.530. The molecule has 0 spiro atoms. The summed E-state index contributed by atoms with van der Waals surface area (Å²) in [6, 6.07) is 5.20. The Kier molecular flexibility index (Phi) is 5.92. The summed E-state index contributed by atoms with van der Waals surface area (Å²) in [6.07, 6.45) is 4.72. The Balaban J connectivity index is 0.000000221. The van der Waals surface area contributed by atoms with Crippen molar-refractivity contribution in [2.75, 3.05) is 0 Å². The lowest BCUT2D eigenvalue weighted by Crippen LogP contribution is -2.52. The summed E-state index contributed by atoms with van der Waals surface area (Å²) in [7, 11) is 0. The zero-order valence-corrected chi connectivity index (χ0v) is 15.6. The highest BCUT2D eigenvalue weighted by Gasteiger charge is 2.38. The minimum Gasteiger partial charge on any atom is -0.392 e. The van der Waals surface area contributed by atoms with Gasteiger partial charge in [0.1, 0.15) is 6.04 Å². The number of amides is 3. The standard InChI is InChI=1S/C14H14N2O3.C6H13NO/c1-8-2-3-10-9(6-8)7-16(14(10)19)11-4-5-12(17)15-13(11)18;7-5-3-1-2-4-6(5)8/h2-3,6,11H,4-5,7H2,1H3,(H,15,17,18);5-6,8H,1-4,7H2. The number of nitrogens with one attached hydrogen (secondary N) is 1. The van der Waals surface area contributed by atoms with Crippen LogP contribution in [-0.4, -0.2) is 45.9 Å². The monoisotopic (exact) mass is 373 g/mol. The van der Waals surface area contributed by atoms with Crippen molar-refractivity contribution in [2.45, 2.75) is 70.2 Å². The fourth-order valence-electron chi connectivity index (χ4n) is 3.84. The van der Waals surface area contributed by atoms with Crippen LogP contribution in [-0.2, 0) is 16.1 Å². The average molecular weight is 373 g/mol. The van der Waals surface area contributed by atoms with Gasteiger partial charge in [-0.05, 0) is 37.8 Å². The van der Waals surface area contributed by atoms with Crippen LogP contribution in [0.4, 0.5) is 0 Å². The summed E-state index contributed by atoms with van der Waals surface area (Å²) >= 11 is 0. The first-order valence-corrected chi connectivity index (χ1v) is 9.54. The van der Waals surface area contributed by atoms with E-state index in [0.29, 0.717) is 18.5 Å². The van der Waals surface area contributed by atoms with Gasteiger partial charge in [-0.15, -0.1) is 0 Å². The topological polar surface area (TPSA) is 113 Å². The molecule has 4 N–H and O–H groups in total. The first-order valence-electron chi connectivity index (χ1n) is 9.54. The summed E-state index contributed by atoms with van der Waals surface area (Å²) in [5.41, 5.74) is 8.24. The van der Waals surface area contributed by atoms with Gasteiger partial charge in [0.25, 0.3) is 5.91 Å². The Labute approximate surface area is 158 Å². The molecule has 0 bridgehead atoms. The van der Waals surface area contributed by atoms with E-state index in [1.54, 1.807) is 11.0 Å². The van der Waals surface area contributed by atoms with Crippen LogP contribution in [0.15, 0.2) is 18.2 Å². The lowest BCUT2D eigenvalue weighted by Gasteiger charge is -2.29. The van der Waals surface area contributed by atoms with Gasteiger partial charge in [-0.25, -0.2) is 0 Å². The number of carbonyl (C=O) groups excluding carboxylic acids is 3. The number of aliphatic hydroxyl groups is 1. The molecular formula is C20H27N3O4. The maximum atomic E-state index is 12.3. The molecule has 146 valence electrons. The quantitative estimate of drug-likeness (QED) is 0.636. The largest absolute Gasteiger partial charge is 0.392 e. The van der Waals surface area contributed by atoms with Crippen molar-refractivity contribution in [1.29, 1.82) is 0 Å². The third kappa shape index (κ3) is 4.36. The molecule has 1 saturated carbocycles. The van der Waals surface area contributed by atoms with E-state index in [0.717, 1.165) is 30.4 Å². The maximum Gasteiger partial charge on any atom is 0.255 e. The number of imide groups is 1. The van der Waals surface area contributed by atoms with Crippen LogP contribution in [0.5, 0.6) is 0 Å². The van der Waals surface area contributed by atoms with Crippen molar-refractivity contribution in [2.24, 2.45) is 5.73 Å². The van der Waals surface area contributed by atoms with E-state index in [1.165, 1.54) is 6.42 Å². The summed E-state index contributed by atoms with van der Waals surface area (Å²) in [4.78, 5) is 36.8. The number of nitrogens with zero attached hydrogens (tertiary/aromatic N) is 1. The Hall–Kier alpha value is -2.25. The van der Waals surface area contributed by atoms with Gasteiger partial charge in [0, 0.05) is 24.6 Å². The predicted octanol–water partition coefficient (Wildman–Crippen LogP) is 1.00. The molecule has 2 fully saturated rings. The Morgan fingerprint density at radius 3 is 2.52 bits per heavy atom. The maximum absolute atomic E-state index is 12.3. The van der Waals surface area contributed by atoms with E-state index < -0.39 is 6.04 Å². The van der Waals surface area contributed by atoms with Gasteiger partial charge in [0.05, 0.1) is 6.10 Å². The highest BCUT2D eigenvalue weighted by Crippen LogP contribution is 2.27. The molecular weight excluding hydrogens is 346 g/mol. The van der Waals surface area contributed by atoms with Crippen molar-refractivity contribution in [3.05, 3.63) is 34.9 Å². The zero-order valence-electron chi connectivity index (χ0n) is 15.6. The van der Waals surface area contributed by atoms with Crippen LogP contribution in [0.25, 0.3) is 0 Å². The van der Waals surface area contributed by atoms with Gasteiger partial charge in [-0.2, -0.15) is 0 Å². The van der Waals surface area contributed by atoms with E-state index >= 15 is 0 Å². The fourth-order valence-corrected chi connectivity index (χ4v) is 3.84. The van der Waals surface area contributed by atoms with Crippen molar-refractivity contribution in [3.8, 4) is 0 Å². The van der Waals surface area contributed by atoms with Crippen LogP contribution in [0, 0.1) is 6.92 Å². The number of piperidine rings is 1. The van der Waals surface area contributed by atoms with Crippen LogP contribution < -0.4 is 11.1 Å². The normalized spacial score (nSPS) is 27.6. The molecule has 1 aromatic rings. The van der Waals surface area contributed by atoms with Crippen LogP contribution >= 0.6 is 0 Å². The van der Waals surface area contributed by atoms with Crippen LogP contribution in [0.3, 0.4) is 0 Å². The zero-order chi connectivity index (χ0) is 19.6. The molecule has 1 saturated heterocycles. The number of aliphatic hydroxyl groups excluding tert-OH is 1. The van der Waals surface area contributed by atoms with Crippen molar-refractivity contribution in [1.82, 2.24) is 10.2 Å². The van der Waals surface area contributed by atoms with Crippen LogP contribution in [0.1, 0.15) is 60.0 Å². The third-order valence-electron chi connectivity index (χ3n) is 5.46. The van der Waals surface area contributed by atoms with Gasteiger partial charge in [-0.1, -0.05) is 30.5 Å². The summed E-state index contributed by atoms with van der Waals surface area (Å²) in [6.45, 7) is 2.42. The highest BCUT2D eigenvalue weighted by molar-refractivity contribution is 6.05. The molecule has 1 aromatic carbocycles. The number of fused-ring (bicyclic) bond motifs is 1. The molecule has 3 unspecified atom stereocenters. The highest BCUT2D eigenvalue weighted by atomic mass is 16.3.